The van der Waals surface area contributed by atoms with Crippen molar-refractivity contribution < 1.29 is 19.1 Å². The zero-order chi connectivity index (χ0) is 20.8. The molecule has 0 atom stereocenters. The van der Waals surface area contributed by atoms with Crippen LogP contribution in [0.15, 0.2) is 42.5 Å². The average molecular weight is 396 g/mol. The highest BCUT2D eigenvalue weighted by atomic mass is 16.5. The van der Waals surface area contributed by atoms with Crippen molar-refractivity contribution in [3.05, 3.63) is 59.2 Å². The van der Waals surface area contributed by atoms with Gasteiger partial charge in [0.25, 0.3) is 11.8 Å². The predicted molar refractivity (Wildman–Crippen MR) is 112 cm³/mol. The summed E-state index contributed by atoms with van der Waals surface area (Å²) in [6, 6.07) is 13.0. The molecule has 0 unspecified atom stereocenters. The third-order valence-electron chi connectivity index (χ3n) is 5.29. The van der Waals surface area contributed by atoms with Crippen LogP contribution in [0, 0.1) is 13.8 Å². The van der Waals surface area contributed by atoms with Gasteiger partial charge in [0.05, 0.1) is 7.11 Å². The minimum Gasteiger partial charge on any atom is -0.497 e. The number of nitrogens with zero attached hydrogens (tertiary/aromatic N) is 2. The molecule has 0 aliphatic carbocycles. The summed E-state index contributed by atoms with van der Waals surface area (Å²) in [6.45, 7) is 6.32. The highest BCUT2D eigenvalue weighted by Gasteiger charge is 2.23. The lowest BCUT2D eigenvalue weighted by Gasteiger charge is -2.22. The van der Waals surface area contributed by atoms with Gasteiger partial charge in [0.1, 0.15) is 11.5 Å². The predicted octanol–water partition coefficient (Wildman–Crippen LogP) is 3.07. The van der Waals surface area contributed by atoms with Crippen LogP contribution in [0.4, 0.5) is 0 Å². The quantitative estimate of drug-likeness (QED) is 0.779. The number of hydrogen-bond donors (Lipinski definition) is 0. The Morgan fingerprint density at radius 1 is 0.897 bits per heavy atom. The van der Waals surface area contributed by atoms with Gasteiger partial charge >= 0.3 is 0 Å². The number of carbonyl (C=O) groups excluding carboxylic acids is 2. The van der Waals surface area contributed by atoms with Crippen LogP contribution in [0.2, 0.25) is 0 Å². The standard InChI is InChI=1S/C23H28N2O4/c1-17-8-9-21(14-18(17)2)29-16-22(26)24-10-5-11-25(13-12-24)23(27)19-6-4-7-20(15-19)28-3/h4,6-9,14-15H,5,10-13,16H2,1-3H3. The lowest BCUT2D eigenvalue weighted by atomic mass is 10.1. The first-order valence-corrected chi connectivity index (χ1v) is 9.89. The number of ether oxygens (including phenoxy) is 2. The molecule has 29 heavy (non-hydrogen) atoms. The van der Waals surface area contributed by atoms with E-state index in [1.807, 2.05) is 44.2 Å². The van der Waals surface area contributed by atoms with Crippen molar-refractivity contribution in [3.63, 3.8) is 0 Å². The van der Waals surface area contributed by atoms with E-state index in [9.17, 15) is 9.59 Å². The Bertz CT molecular complexity index is 881. The molecule has 2 amide bonds. The van der Waals surface area contributed by atoms with Crippen LogP contribution >= 0.6 is 0 Å². The summed E-state index contributed by atoms with van der Waals surface area (Å²) in [5, 5.41) is 0. The number of methoxy groups -OCH3 is 1. The molecule has 0 radical (unpaired) electrons. The van der Waals surface area contributed by atoms with Gasteiger partial charge < -0.3 is 19.3 Å². The van der Waals surface area contributed by atoms with Crippen LogP contribution in [0.1, 0.15) is 27.9 Å². The second kappa shape index (κ2) is 9.45. The van der Waals surface area contributed by atoms with Gasteiger partial charge in [-0.1, -0.05) is 12.1 Å². The summed E-state index contributed by atoms with van der Waals surface area (Å²) in [5.74, 6) is 1.26. The van der Waals surface area contributed by atoms with E-state index in [0.29, 0.717) is 43.2 Å². The number of rotatable bonds is 5. The van der Waals surface area contributed by atoms with Crippen molar-refractivity contribution >= 4 is 11.8 Å². The Labute approximate surface area is 172 Å². The Kier molecular flexibility index (Phi) is 6.75. The van der Waals surface area contributed by atoms with Crippen LogP contribution in [-0.2, 0) is 4.79 Å². The number of hydrogen-bond acceptors (Lipinski definition) is 4. The van der Waals surface area contributed by atoms with E-state index < -0.39 is 0 Å². The van der Waals surface area contributed by atoms with Crippen molar-refractivity contribution in [2.45, 2.75) is 20.3 Å². The Balaban J connectivity index is 1.55. The summed E-state index contributed by atoms with van der Waals surface area (Å²) in [7, 11) is 1.58. The van der Waals surface area contributed by atoms with Crippen molar-refractivity contribution in [2.75, 3.05) is 39.9 Å². The van der Waals surface area contributed by atoms with E-state index >= 15 is 0 Å². The molecule has 0 aromatic heterocycles. The molecular weight excluding hydrogens is 368 g/mol. The average Bonchev–Trinajstić information content (AvgIpc) is 3.00. The maximum Gasteiger partial charge on any atom is 0.260 e. The topological polar surface area (TPSA) is 59.1 Å². The Morgan fingerprint density at radius 2 is 1.66 bits per heavy atom. The van der Waals surface area contributed by atoms with Gasteiger partial charge in [-0.3, -0.25) is 9.59 Å². The smallest absolute Gasteiger partial charge is 0.260 e. The molecule has 0 saturated carbocycles. The van der Waals surface area contributed by atoms with Gasteiger partial charge in [0.15, 0.2) is 6.61 Å². The Morgan fingerprint density at radius 3 is 2.41 bits per heavy atom. The van der Waals surface area contributed by atoms with E-state index in [0.717, 1.165) is 12.0 Å². The normalized spacial score (nSPS) is 14.3. The fraction of sp³-hybridized carbons (Fsp3) is 0.391. The molecule has 2 aromatic carbocycles. The van der Waals surface area contributed by atoms with Crippen LogP contribution in [-0.4, -0.2) is 61.5 Å². The number of benzene rings is 2. The summed E-state index contributed by atoms with van der Waals surface area (Å²) < 4.78 is 10.9. The molecule has 1 aliphatic heterocycles. The van der Waals surface area contributed by atoms with Gasteiger partial charge in [-0.2, -0.15) is 0 Å². The highest BCUT2D eigenvalue weighted by molar-refractivity contribution is 5.94. The first-order chi connectivity index (χ1) is 14.0. The van der Waals surface area contributed by atoms with Crippen LogP contribution in [0.3, 0.4) is 0 Å². The molecule has 154 valence electrons. The van der Waals surface area contributed by atoms with Crippen molar-refractivity contribution in [1.29, 1.82) is 0 Å². The molecule has 6 heteroatoms. The molecule has 1 saturated heterocycles. The lowest BCUT2D eigenvalue weighted by molar-refractivity contribution is -0.133. The van der Waals surface area contributed by atoms with Gasteiger partial charge in [-0.05, 0) is 61.7 Å². The highest BCUT2D eigenvalue weighted by Crippen LogP contribution is 2.18. The third-order valence-corrected chi connectivity index (χ3v) is 5.29. The summed E-state index contributed by atoms with van der Waals surface area (Å²) in [4.78, 5) is 29.0. The van der Waals surface area contributed by atoms with E-state index in [-0.39, 0.29) is 18.4 Å². The summed E-state index contributed by atoms with van der Waals surface area (Å²) in [6.07, 6.45) is 0.741. The molecule has 3 rings (SSSR count). The van der Waals surface area contributed by atoms with Gasteiger partial charge in [0.2, 0.25) is 0 Å². The van der Waals surface area contributed by atoms with E-state index in [1.165, 1.54) is 5.56 Å². The molecule has 1 fully saturated rings. The first kappa shape index (κ1) is 20.7. The maximum absolute atomic E-state index is 12.8. The van der Waals surface area contributed by atoms with Crippen LogP contribution < -0.4 is 9.47 Å². The second-order valence-corrected chi connectivity index (χ2v) is 7.29. The molecule has 6 nitrogen and oxygen atoms in total. The molecule has 0 spiro atoms. The fourth-order valence-corrected chi connectivity index (χ4v) is 3.35. The fourth-order valence-electron chi connectivity index (χ4n) is 3.35. The third kappa shape index (κ3) is 5.28. The molecule has 0 N–H and O–H groups in total. The SMILES string of the molecule is COc1cccc(C(=O)N2CCCN(C(=O)COc3ccc(C)c(C)c3)CC2)c1. The molecule has 0 bridgehead atoms. The van der Waals surface area contributed by atoms with Gasteiger partial charge in [0, 0.05) is 31.7 Å². The molecule has 1 aliphatic rings. The first-order valence-electron chi connectivity index (χ1n) is 9.89. The molecule has 1 heterocycles. The largest absolute Gasteiger partial charge is 0.497 e. The van der Waals surface area contributed by atoms with Crippen molar-refractivity contribution in [2.24, 2.45) is 0 Å². The minimum atomic E-state index is -0.0566. The van der Waals surface area contributed by atoms with Crippen molar-refractivity contribution in [1.82, 2.24) is 9.80 Å². The Hall–Kier alpha value is -3.02. The van der Waals surface area contributed by atoms with E-state index in [2.05, 4.69) is 0 Å². The zero-order valence-electron chi connectivity index (χ0n) is 17.3. The van der Waals surface area contributed by atoms with Crippen molar-refractivity contribution in [3.8, 4) is 11.5 Å². The summed E-state index contributed by atoms with van der Waals surface area (Å²) in [5.41, 5.74) is 2.93. The van der Waals surface area contributed by atoms with E-state index in [1.54, 1.807) is 29.0 Å². The van der Waals surface area contributed by atoms with Crippen LogP contribution in [0.5, 0.6) is 11.5 Å². The number of amides is 2. The number of aryl methyl sites for hydroxylation is 2. The zero-order valence-corrected chi connectivity index (χ0v) is 17.3. The van der Waals surface area contributed by atoms with Gasteiger partial charge in [-0.25, -0.2) is 0 Å². The minimum absolute atomic E-state index is 0.00628. The lowest BCUT2D eigenvalue weighted by Crippen LogP contribution is -2.39. The van der Waals surface area contributed by atoms with Gasteiger partial charge in [-0.15, -0.1) is 0 Å². The van der Waals surface area contributed by atoms with E-state index in [4.69, 9.17) is 9.47 Å². The number of carbonyl (C=O) groups is 2. The second-order valence-electron chi connectivity index (χ2n) is 7.29. The summed E-state index contributed by atoms with van der Waals surface area (Å²) >= 11 is 0. The maximum atomic E-state index is 12.8. The van der Waals surface area contributed by atoms with Crippen LogP contribution in [0.25, 0.3) is 0 Å². The monoisotopic (exact) mass is 396 g/mol. The molecule has 2 aromatic rings. The molecular formula is C23H28N2O4.